The summed E-state index contributed by atoms with van der Waals surface area (Å²) in [6, 6.07) is 19.1. The third kappa shape index (κ3) is 2.83. The summed E-state index contributed by atoms with van der Waals surface area (Å²) < 4.78 is 1.26. The Balaban J connectivity index is 1.69. The summed E-state index contributed by atoms with van der Waals surface area (Å²) in [6.07, 6.45) is 0. The second-order valence-electron chi connectivity index (χ2n) is 4.59. The summed E-state index contributed by atoms with van der Waals surface area (Å²) in [4.78, 5) is 4.63. The molecule has 1 heterocycles. The van der Waals surface area contributed by atoms with E-state index in [0.29, 0.717) is 6.04 Å². The number of hydrogen-bond donors (Lipinski definition) is 1. The van der Waals surface area contributed by atoms with E-state index in [2.05, 4.69) is 59.7 Å². The molecule has 1 N–H and O–H groups in total. The lowest BCUT2D eigenvalue weighted by atomic mass is 10.1. The van der Waals surface area contributed by atoms with Crippen molar-refractivity contribution >= 4 is 21.6 Å². The number of benzene rings is 2. The van der Waals surface area contributed by atoms with Crippen LogP contribution >= 0.6 is 11.3 Å². The predicted octanol–water partition coefficient (Wildman–Crippen LogP) is 4.15. The maximum absolute atomic E-state index is 4.63. The van der Waals surface area contributed by atoms with E-state index in [9.17, 15) is 0 Å². The van der Waals surface area contributed by atoms with Gasteiger partial charge in [0.05, 0.1) is 10.2 Å². The van der Waals surface area contributed by atoms with Crippen molar-refractivity contribution in [1.82, 2.24) is 10.3 Å². The first-order chi connectivity index (χ1) is 9.33. The zero-order valence-corrected chi connectivity index (χ0v) is 11.7. The fraction of sp³-hybridized carbons (Fsp3) is 0.188. The molecule has 0 fully saturated rings. The van der Waals surface area contributed by atoms with Gasteiger partial charge in [0.25, 0.3) is 0 Å². The van der Waals surface area contributed by atoms with Gasteiger partial charge in [-0.2, -0.15) is 0 Å². The van der Waals surface area contributed by atoms with Gasteiger partial charge in [0.1, 0.15) is 5.01 Å². The molecular weight excluding hydrogens is 252 g/mol. The van der Waals surface area contributed by atoms with Crippen molar-refractivity contribution in [3.63, 3.8) is 0 Å². The van der Waals surface area contributed by atoms with Crippen LogP contribution in [0, 0.1) is 0 Å². The van der Waals surface area contributed by atoms with Crippen molar-refractivity contribution in [2.45, 2.75) is 19.5 Å². The van der Waals surface area contributed by atoms with Crippen LogP contribution in [-0.4, -0.2) is 4.98 Å². The molecule has 3 rings (SSSR count). The molecule has 0 aliphatic rings. The molecule has 1 unspecified atom stereocenters. The highest BCUT2D eigenvalue weighted by atomic mass is 32.1. The first kappa shape index (κ1) is 12.3. The monoisotopic (exact) mass is 268 g/mol. The smallest absolute Gasteiger partial charge is 0.108 e. The third-order valence-corrected chi connectivity index (χ3v) is 4.23. The molecule has 3 aromatic rings. The molecule has 2 aromatic carbocycles. The van der Waals surface area contributed by atoms with Crippen LogP contribution in [-0.2, 0) is 6.54 Å². The molecule has 0 aliphatic heterocycles. The number of nitrogens with one attached hydrogen (secondary N) is 1. The molecule has 1 atom stereocenters. The zero-order chi connectivity index (χ0) is 13.1. The SMILES string of the molecule is CC(NCc1nc2ccccc2s1)c1ccccc1. The summed E-state index contributed by atoms with van der Waals surface area (Å²) in [5.74, 6) is 0. The lowest BCUT2D eigenvalue weighted by Crippen LogP contribution is -2.17. The van der Waals surface area contributed by atoms with Crippen LogP contribution in [0.4, 0.5) is 0 Å². The van der Waals surface area contributed by atoms with Crippen LogP contribution in [0.15, 0.2) is 54.6 Å². The minimum absolute atomic E-state index is 0.341. The largest absolute Gasteiger partial charge is 0.304 e. The van der Waals surface area contributed by atoms with E-state index in [1.54, 1.807) is 11.3 Å². The minimum atomic E-state index is 0.341. The van der Waals surface area contributed by atoms with Crippen LogP contribution in [0.5, 0.6) is 0 Å². The van der Waals surface area contributed by atoms with Gasteiger partial charge in [0.15, 0.2) is 0 Å². The zero-order valence-electron chi connectivity index (χ0n) is 10.8. The van der Waals surface area contributed by atoms with Crippen molar-refractivity contribution in [3.05, 3.63) is 65.2 Å². The number of thiazole rings is 1. The van der Waals surface area contributed by atoms with Crippen molar-refractivity contribution in [2.24, 2.45) is 0 Å². The van der Waals surface area contributed by atoms with Gasteiger partial charge in [0, 0.05) is 12.6 Å². The quantitative estimate of drug-likeness (QED) is 0.769. The highest BCUT2D eigenvalue weighted by Gasteiger charge is 2.06. The lowest BCUT2D eigenvalue weighted by molar-refractivity contribution is 0.574. The lowest BCUT2D eigenvalue weighted by Gasteiger charge is -2.12. The first-order valence-electron chi connectivity index (χ1n) is 6.46. The molecule has 0 spiro atoms. The predicted molar refractivity (Wildman–Crippen MR) is 81.3 cm³/mol. The highest BCUT2D eigenvalue weighted by molar-refractivity contribution is 7.18. The number of hydrogen-bond acceptors (Lipinski definition) is 3. The van der Waals surface area contributed by atoms with Gasteiger partial charge >= 0.3 is 0 Å². The summed E-state index contributed by atoms with van der Waals surface area (Å²) >= 11 is 1.76. The van der Waals surface area contributed by atoms with E-state index >= 15 is 0 Å². The van der Waals surface area contributed by atoms with Crippen LogP contribution in [0.25, 0.3) is 10.2 Å². The van der Waals surface area contributed by atoms with Crippen LogP contribution in [0.3, 0.4) is 0 Å². The van der Waals surface area contributed by atoms with Gasteiger partial charge in [-0.15, -0.1) is 11.3 Å². The molecule has 2 nitrogen and oxygen atoms in total. The Kier molecular flexibility index (Phi) is 3.58. The number of rotatable bonds is 4. The third-order valence-electron chi connectivity index (χ3n) is 3.20. The Morgan fingerprint density at radius 2 is 1.79 bits per heavy atom. The summed E-state index contributed by atoms with van der Waals surface area (Å²) in [5, 5.41) is 4.67. The second-order valence-corrected chi connectivity index (χ2v) is 5.70. The summed E-state index contributed by atoms with van der Waals surface area (Å²) in [5.41, 5.74) is 2.40. The van der Waals surface area contributed by atoms with E-state index in [1.807, 2.05) is 12.1 Å². The first-order valence-corrected chi connectivity index (χ1v) is 7.27. The Labute approximate surface area is 117 Å². The molecule has 96 valence electrons. The van der Waals surface area contributed by atoms with Crippen molar-refractivity contribution in [1.29, 1.82) is 0 Å². The topological polar surface area (TPSA) is 24.9 Å². The molecule has 1 aromatic heterocycles. The maximum Gasteiger partial charge on any atom is 0.108 e. The molecule has 0 saturated carbocycles. The van der Waals surface area contributed by atoms with E-state index in [1.165, 1.54) is 10.3 Å². The molecule has 0 aliphatic carbocycles. The number of nitrogens with zero attached hydrogens (tertiary/aromatic N) is 1. The number of aromatic nitrogens is 1. The molecule has 0 radical (unpaired) electrons. The van der Waals surface area contributed by atoms with E-state index in [-0.39, 0.29) is 0 Å². The van der Waals surface area contributed by atoms with Gasteiger partial charge in [-0.3, -0.25) is 0 Å². The Morgan fingerprint density at radius 1 is 1.05 bits per heavy atom. The van der Waals surface area contributed by atoms with Gasteiger partial charge < -0.3 is 5.32 Å². The Hall–Kier alpha value is -1.71. The Morgan fingerprint density at radius 3 is 2.58 bits per heavy atom. The van der Waals surface area contributed by atoms with Crippen molar-refractivity contribution in [3.8, 4) is 0 Å². The number of para-hydroxylation sites is 1. The minimum Gasteiger partial charge on any atom is -0.304 e. The molecule has 0 amide bonds. The van der Waals surface area contributed by atoms with Crippen molar-refractivity contribution in [2.75, 3.05) is 0 Å². The van der Waals surface area contributed by atoms with Crippen molar-refractivity contribution < 1.29 is 0 Å². The van der Waals surface area contributed by atoms with Crippen LogP contribution in [0.2, 0.25) is 0 Å². The number of fused-ring (bicyclic) bond motifs is 1. The van der Waals surface area contributed by atoms with E-state index in [4.69, 9.17) is 0 Å². The molecule has 19 heavy (non-hydrogen) atoms. The average molecular weight is 268 g/mol. The fourth-order valence-corrected chi connectivity index (χ4v) is 3.01. The maximum atomic E-state index is 4.63. The van der Waals surface area contributed by atoms with E-state index in [0.717, 1.165) is 17.1 Å². The van der Waals surface area contributed by atoms with Gasteiger partial charge in [-0.25, -0.2) is 4.98 Å². The Bertz CT molecular complexity index is 628. The molecule has 3 heteroatoms. The molecule has 0 bridgehead atoms. The highest BCUT2D eigenvalue weighted by Crippen LogP contribution is 2.22. The fourth-order valence-electron chi connectivity index (χ4n) is 2.10. The summed E-state index contributed by atoms with van der Waals surface area (Å²) in [6.45, 7) is 3.00. The standard InChI is InChI=1S/C16H16N2S/c1-12(13-7-3-2-4-8-13)17-11-16-18-14-9-5-6-10-15(14)19-16/h2-10,12,17H,11H2,1H3. The molecule has 0 saturated heterocycles. The van der Waals surface area contributed by atoms with Crippen LogP contribution < -0.4 is 5.32 Å². The normalized spacial score (nSPS) is 12.7. The van der Waals surface area contributed by atoms with Gasteiger partial charge in [-0.1, -0.05) is 42.5 Å². The molecular formula is C16H16N2S. The van der Waals surface area contributed by atoms with E-state index < -0.39 is 0 Å². The van der Waals surface area contributed by atoms with Gasteiger partial charge in [0.2, 0.25) is 0 Å². The summed E-state index contributed by atoms with van der Waals surface area (Å²) in [7, 11) is 0. The van der Waals surface area contributed by atoms with Crippen LogP contribution in [0.1, 0.15) is 23.5 Å². The van der Waals surface area contributed by atoms with Gasteiger partial charge in [-0.05, 0) is 24.6 Å². The second kappa shape index (κ2) is 5.51. The average Bonchev–Trinajstić information content (AvgIpc) is 2.88.